The number of hydrogen-bond acceptors (Lipinski definition) is 5. The zero-order valence-electron chi connectivity index (χ0n) is 16.6. The fourth-order valence-electron chi connectivity index (χ4n) is 2.05. The van der Waals surface area contributed by atoms with Crippen molar-refractivity contribution in [1.82, 2.24) is 10.0 Å². The van der Waals surface area contributed by atoms with E-state index in [9.17, 15) is 18.0 Å². The van der Waals surface area contributed by atoms with Crippen molar-refractivity contribution in [1.29, 1.82) is 0 Å². The van der Waals surface area contributed by atoms with Crippen LogP contribution in [0.2, 0.25) is 5.02 Å². The van der Waals surface area contributed by atoms with Crippen molar-refractivity contribution in [2.45, 2.75) is 70.5 Å². The van der Waals surface area contributed by atoms with Crippen LogP contribution >= 0.6 is 11.6 Å². The molecule has 0 aromatic heterocycles. The first-order chi connectivity index (χ1) is 12.0. The third-order valence-electron chi connectivity index (χ3n) is 3.05. The first-order valence-electron chi connectivity index (χ1n) is 8.38. The van der Waals surface area contributed by atoms with E-state index in [1.165, 1.54) is 19.1 Å². The van der Waals surface area contributed by atoms with E-state index in [0.29, 0.717) is 0 Å². The number of nitrogens with one attached hydrogen (secondary N) is 2. The van der Waals surface area contributed by atoms with Crippen molar-refractivity contribution in [2.75, 3.05) is 0 Å². The average Bonchev–Trinajstić information content (AvgIpc) is 2.42. The third-order valence-corrected chi connectivity index (χ3v) is 5.29. The molecular formula is C18H27ClN2O5S. The molecule has 0 bridgehead atoms. The van der Waals surface area contributed by atoms with Crippen molar-refractivity contribution in [3.05, 3.63) is 28.8 Å². The van der Waals surface area contributed by atoms with Gasteiger partial charge in [-0.25, -0.2) is 17.9 Å². The largest absolute Gasteiger partial charge is 0.449 e. The molecule has 9 heteroatoms. The molecular weight excluding hydrogens is 392 g/mol. The second-order valence-electron chi connectivity index (χ2n) is 8.29. The van der Waals surface area contributed by atoms with Crippen LogP contribution in [0.4, 0.5) is 0 Å². The van der Waals surface area contributed by atoms with E-state index in [-0.39, 0.29) is 15.5 Å². The highest BCUT2D eigenvalue weighted by molar-refractivity contribution is 7.89. The van der Waals surface area contributed by atoms with Crippen LogP contribution in [0.5, 0.6) is 0 Å². The van der Waals surface area contributed by atoms with Gasteiger partial charge in [-0.2, -0.15) is 0 Å². The third kappa shape index (κ3) is 7.48. The molecule has 7 nitrogen and oxygen atoms in total. The summed E-state index contributed by atoms with van der Waals surface area (Å²) in [6.45, 7) is 11.9. The molecule has 0 saturated heterocycles. The predicted molar refractivity (Wildman–Crippen MR) is 104 cm³/mol. The molecule has 1 unspecified atom stereocenters. The van der Waals surface area contributed by atoms with E-state index >= 15 is 0 Å². The first kappa shape index (κ1) is 23.4. The molecule has 2 N–H and O–H groups in total. The van der Waals surface area contributed by atoms with E-state index in [0.717, 1.165) is 6.07 Å². The summed E-state index contributed by atoms with van der Waals surface area (Å²) >= 11 is 6.01. The summed E-state index contributed by atoms with van der Waals surface area (Å²) in [4.78, 5) is 24.2. The number of ether oxygens (including phenoxy) is 1. The van der Waals surface area contributed by atoms with Crippen molar-refractivity contribution >= 4 is 33.5 Å². The predicted octanol–water partition coefficient (Wildman–Crippen LogP) is 2.88. The van der Waals surface area contributed by atoms with Gasteiger partial charge in [0.2, 0.25) is 10.0 Å². The Kier molecular flexibility index (Phi) is 7.07. The minimum atomic E-state index is -3.94. The number of hydrogen-bond donors (Lipinski definition) is 2. The van der Waals surface area contributed by atoms with E-state index in [1.807, 2.05) is 0 Å². The average molecular weight is 419 g/mol. The van der Waals surface area contributed by atoms with Gasteiger partial charge in [-0.1, -0.05) is 11.6 Å². The van der Waals surface area contributed by atoms with Crippen LogP contribution in [-0.4, -0.2) is 37.5 Å². The molecule has 0 fully saturated rings. The van der Waals surface area contributed by atoms with Crippen LogP contribution in [0.25, 0.3) is 0 Å². The second kappa shape index (κ2) is 8.16. The summed E-state index contributed by atoms with van der Waals surface area (Å²) in [6, 6.07) is 3.78. The molecule has 1 amide bonds. The Balaban J connectivity index is 3.05. The Labute approximate surface area is 165 Å². The molecule has 1 rings (SSSR count). The monoisotopic (exact) mass is 418 g/mol. The normalized spacial score (nSPS) is 13.8. The number of benzene rings is 1. The summed E-state index contributed by atoms with van der Waals surface area (Å²) in [5.74, 6) is -1.28. The van der Waals surface area contributed by atoms with E-state index in [2.05, 4.69) is 10.0 Å². The fourth-order valence-corrected chi connectivity index (χ4v) is 3.99. The smallest absolute Gasteiger partial charge is 0.338 e. The van der Waals surface area contributed by atoms with Crippen LogP contribution in [0.3, 0.4) is 0 Å². The molecule has 1 atom stereocenters. The zero-order valence-corrected chi connectivity index (χ0v) is 18.2. The SMILES string of the molecule is CC(OC(=O)c1ccc(Cl)c(S(=O)(=O)NC(C)(C)C)c1)C(=O)NC(C)(C)C. The van der Waals surface area contributed by atoms with Gasteiger partial charge in [0.1, 0.15) is 4.90 Å². The zero-order chi connectivity index (χ0) is 21.2. The molecule has 0 aliphatic rings. The Morgan fingerprint density at radius 1 is 1.07 bits per heavy atom. The van der Waals surface area contributed by atoms with Gasteiger partial charge in [0, 0.05) is 11.1 Å². The lowest BCUT2D eigenvalue weighted by atomic mass is 10.1. The highest BCUT2D eigenvalue weighted by Gasteiger charge is 2.27. The van der Waals surface area contributed by atoms with E-state index in [1.54, 1.807) is 41.5 Å². The maximum Gasteiger partial charge on any atom is 0.338 e. The number of rotatable bonds is 5. The minimum Gasteiger partial charge on any atom is -0.449 e. The Morgan fingerprint density at radius 3 is 2.11 bits per heavy atom. The number of sulfonamides is 1. The number of carbonyl (C=O) groups excluding carboxylic acids is 2. The quantitative estimate of drug-likeness (QED) is 0.716. The number of amides is 1. The van der Waals surface area contributed by atoms with E-state index < -0.39 is 39.1 Å². The van der Waals surface area contributed by atoms with Gasteiger partial charge in [0.15, 0.2) is 6.10 Å². The summed E-state index contributed by atoms with van der Waals surface area (Å²) in [6.07, 6.45) is -1.04. The summed E-state index contributed by atoms with van der Waals surface area (Å²) < 4.78 is 32.7. The number of carbonyl (C=O) groups is 2. The lowest BCUT2D eigenvalue weighted by molar-refractivity contribution is -0.130. The van der Waals surface area contributed by atoms with Crippen LogP contribution < -0.4 is 10.0 Å². The van der Waals surface area contributed by atoms with Gasteiger partial charge < -0.3 is 10.1 Å². The highest BCUT2D eigenvalue weighted by Crippen LogP contribution is 2.24. The summed E-state index contributed by atoms with van der Waals surface area (Å²) in [7, 11) is -3.94. The van der Waals surface area contributed by atoms with Crippen molar-refractivity contribution < 1.29 is 22.7 Å². The second-order valence-corrected chi connectivity index (χ2v) is 10.3. The molecule has 152 valence electrons. The first-order valence-corrected chi connectivity index (χ1v) is 10.2. The maximum atomic E-state index is 12.5. The molecule has 0 spiro atoms. The Bertz CT molecular complexity index is 823. The van der Waals surface area contributed by atoms with Crippen LogP contribution in [0, 0.1) is 0 Å². The molecule has 0 saturated carbocycles. The van der Waals surface area contributed by atoms with Crippen molar-refractivity contribution in [2.24, 2.45) is 0 Å². The Morgan fingerprint density at radius 2 is 1.63 bits per heavy atom. The van der Waals surface area contributed by atoms with Crippen LogP contribution in [-0.2, 0) is 19.6 Å². The molecule has 1 aromatic carbocycles. The fraction of sp³-hybridized carbons (Fsp3) is 0.556. The molecule has 0 radical (unpaired) electrons. The standard InChI is InChI=1S/C18H27ClN2O5S/c1-11(15(22)20-17(2,3)4)26-16(23)12-8-9-13(19)14(10-12)27(24,25)21-18(5,6)7/h8-11,21H,1-7H3,(H,20,22). The van der Waals surface area contributed by atoms with Gasteiger partial charge >= 0.3 is 5.97 Å². The van der Waals surface area contributed by atoms with Gasteiger partial charge in [0.05, 0.1) is 10.6 Å². The van der Waals surface area contributed by atoms with Gasteiger partial charge in [0.25, 0.3) is 5.91 Å². The van der Waals surface area contributed by atoms with Gasteiger partial charge in [-0.05, 0) is 66.7 Å². The lowest BCUT2D eigenvalue weighted by Crippen LogP contribution is -2.46. The van der Waals surface area contributed by atoms with Crippen LogP contribution in [0.1, 0.15) is 58.8 Å². The molecule has 0 aliphatic carbocycles. The molecule has 0 heterocycles. The topological polar surface area (TPSA) is 102 Å². The highest BCUT2D eigenvalue weighted by atomic mass is 35.5. The summed E-state index contributed by atoms with van der Waals surface area (Å²) in [5, 5.41) is 2.68. The van der Waals surface area contributed by atoms with Gasteiger partial charge in [-0.15, -0.1) is 0 Å². The minimum absolute atomic E-state index is 0.0240. The summed E-state index contributed by atoms with van der Waals surface area (Å²) in [5.41, 5.74) is -1.22. The van der Waals surface area contributed by atoms with E-state index in [4.69, 9.17) is 16.3 Å². The number of esters is 1. The van der Waals surface area contributed by atoms with Crippen LogP contribution in [0.15, 0.2) is 23.1 Å². The molecule has 0 aliphatic heterocycles. The lowest BCUT2D eigenvalue weighted by Gasteiger charge is -2.23. The van der Waals surface area contributed by atoms with Crippen molar-refractivity contribution in [3.8, 4) is 0 Å². The van der Waals surface area contributed by atoms with Crippen molar-refractivity contribution in [3.63, 3.8) is 0 Å². The molecule has 1 aromatic rings. The maximum absolute atomic E-state index is 12.5. The number of halogens is 1. The van der Waals surface area contributed by atoms with Gasteiger partial charge in [-0.3, -0.25) is 4.79 Å². The molecule has 27 heavy (non-hydrogen) atoms. The Hall–Kier alpha value is -1.64.